The van der Waals surface area contributed by atoms with Crippen LogP contribution in [0, 0.1) is 34.5 Å². The fourth-order valence-corrected chi connectivity index (χ4v) is 8.87. The molecule has 0 aromatic heterocycles. The van der Waals surface area contributed by atoms with Crippen molar-refractivity contribution < 1.29 is 19.1 Å². The molecule has 3 aliphatic carbocycles. The second kappa shape index (κ2) is 6.55. The Kier molecular flexibility index (Phi) is 4.93. The van der Waals surface area contributed by atoms with Crippen molar-refractivity contribution in [2.24, 2.45) is 34.5 Å². The number of aliphatic hydroxyl groups is 1. The highest BCUT2D eigenvalue weighted by Crippen LogP contribution is 2.67. The van der Waals surface area contributed by atoms with Crippen molar-refractivity contribution in [2.75, 3.05) is 0 Å². The van der Waals surface area contributed by atoms with Gasteiger partial charge in [0.2, 0.25) is 0 Å². The van der Waals surface area contributed by atoms with Crippen LogP contribution in [0.2, 0.25) is 18.1 Å². The van der Waals surface area contributed by atoms with Gasteiger partial charge in [-0.25, -0.2) is 0 Å². The Bertz CT molecular complexity index is 685. The smallest absolute Gasteiger partial charge is 0.312 e. The summed E-state index contributed by atoms with van der Waals surface area (Å²) in [6.45, 7) is 18.3. The molecule has 0 radical (unpaired) electrons. The van der Waals surface area contributed by atoms with Crippen molar-refractivity contribution in [1.82, 2.24) is 0 Å². The van der Waals surface area contributed by atoms with E-state index in [1.165, 1.54) is 0 Å². The fraction of sp³-hybridized carbons (Fsp3) is 0.958. The van der Waals surface area contributed by atoms with E-state index in [2.05, 4.69) is 54.6 Å². The zero-order chi connectivity index (χ0) is 21.6. The molecule has 0 amide bonds. The third kappa shape index (κ3) is 3.17. The summed E-state index contributed by atoms with van der Waals surface area (Å²) < 4.78 is 13.0. The second-order valence-electron chi connectivity index (χ2n) is 12.9. The molecule has 2 bridgehead atoms. The lowest BCUT2D eigenvalue weighted by atomic mass is 9.43. The van der Waals surface area contributed by atoms with Crippen LogP contribution in [0.5, 0.6) is 0 Å². The molecule has 3 saturated carbocycles. The van der Waals surface area contributed by atoms with Crippen molar-refractivity contribution in [3.63, 3.8) is 0 Å². The van der Waals surface area contributed by atoms with Crippen LogP contribution < -0.4 is 0 Å². The summed E-state index contributed by atoms with van der Waals surface area (Å²) in [5.41, 5.74) is -0.475. The fourth-order valence-electron chi connectivity index (χ4n) is 7.53. The molecular weight excluding hydrogens is 380 g/mol. The Morgan fingerprint density at radius 3 is 2.41 bits per heavy atom. The minimum atomic E-state index is -2.01. The molecule has 0 aromatic rings. The van der Waals surface area contributed by atoms with Gasteiger partial charge < -0.3 is 14.3 Å². The van der Waals surface area contributed by atoms with Gasteiger partial charge in [-0.05, 0) is 73.9 Å². The van der Waals surface area contributed by atoms with Crippen molar-refractivity contribution in [1.29, 1.82) is 0 Å². The van der Waals surface area contributed by atoms with Crippen LogP contribution in [-0.2, 0) is 14.0 Å². The van der Waals surface area contributed by atoms with Gasteiger partial charge in [0.05, 0.1) is 11.5 Å². The molecule has 166 valence electrons. The summed E-state index contributed by atoms with van der Waals surface area (Å²) in [5.74, 6) is 1.42. The van der Waals surface area contributed by atoms with Crippen LogP contribution in [0.15, 0.2) is 0 Å². The molecule has 1 heterocycles. The molecule has 4 nitrogen and oxygen atoms in total. The van der Waals surface area contributed by atoms with E-state index in [-0.39, 0.29) is 46.6 Å². The number of aliphatic hydroxyl groups excluding tert-OH is 1. The lowest BCUT2D eigenvalue weighted by Gasteiger charge is -2.63. The van der Waals surface area contributed by atoms with Gasteiger partial charge in [-0.2, -0.15) is 0 Å². The van der Waals surface area contributed by atoms with E-state index in [0.29, 0.717) is 11.8 Å². The molecule has 0 spiro atoms. The van der Waals surface area contributed by atoms with Gasteiger partial charge in [0.15, 0.2) is 8.32 Å². The minimum Gasteiger partial charge on any atom is -0.462 e. The molecule has 5 heteroatoms. The summed E-state index contributed by atoms with van der Waals surface area (Å²) in [4.78, 5) is 13.1. The van der Waals surface area contributed by atoms with Gasteiger partial charge in [-0.3, -0.25) is 4.79 Å². The van der Waals surface area contributed by atoms with Crippen molar-refractivity contribution in [3.05, 3.63) is 0 Å². The summed E-state index contributed by atoms with van der Waals surface area (Å²) in [7, 11) is -2.01. The van der Waals surface area contributed by atoms with Gasteiger partial charge in [0.25, 0.3) is 0 Å². The van der Waals surface area contributed by atoms with Gasteiger partial charge in [0.1, 0.15) is 6.10 Å². The molecule has 1 saturated heterocycles. The van der Waals surface area contributed by atoms with E-state index in [1.807, 2.05) is 0 Å². The van der Waals surface area contributed by atoms with E-state index >= 15 is 0 Å². The number of rotatable bonds is 2. The minimum absolute atomic E-state index is 0.0112. The Labute approximate surface area is 178 Å². The highest BCUT2D eigenvalue weighted by Gasteiger charge is 2.69. The van der Waals surface area contributed by atoms with E-state index in [1.54, 1.807) is 0 Å². The average molecular weight is 423 g/mol. The largest absolute Gasteiger partial charge is 0.462 e. The maximum absolute atomic E-state index is 13.1. The highest BCUT2D eigenvalue weighted by atomic mass is 28.4. The first-order valence-corrected chi connectivity index (χ1v) is 14.7. The predicted octanol–water partition coefficient (Wildman–Crippen LogP) is 5.15. The molecule has 4 aliphatic rings. The summed E-state index contributed by atoms with van der Waals surface area (Å²) in [6.07, 6.45) is 4.51. The Morgan fingerprint density at radius 2 is 1.79 bits per heavy atom. The first-order valence-electron chi connectivity index (χ1n) is 11.8. The Morgan fingerprint density at radius 1 is 1.14 bits per heavy atom. The first kappa shape index (κ1) is 21.8. The maximum Gasteiger partial charge on any atom is 0.312 e. The number of hydrogen-bond donors (Lipinski definition) is 1. The van der Waals surface area contributed by atoms with E-state index in [0.717, 1.165) is 32.1 Å². The number of carbonyl (C=O) groups excluding carboxylic acids is 1. The second-order valence-corrected chi connectivity index (χ2v) is 17.7. The third-order valence-corrected chi connectivity index (χ3v) is 14.2. The standard InChI is InChI=1S/C24H42O4Si/c1-14-9-17-16(18(25)10-14)11-19(28-29(7,8)22(2,3)4)20-23(17,5)12-15-13-24(20,6)21(26)27-15/h14-20,25H,9-13H2,1-8H3/t14-,15-,16+,17-,18-,19+,20+,23+,24-/m1/s1. The molecular formula is C24H42O4Si. The number of hydrogen-bond acceptors (Lipinski definition) is 4. The average Bonchev–Trinajstić information content (AvgIpc) is 2.76. The van der Waals surface area contributed by atoms with Crippen molar-refractivity contribution in [2.45, 2.75) is 110 Å². The Hall–Kier alpha value is -0.393. The lowest BCUT2D eigenvalue weighted by Crippen LogP contribution is -2.64. The number of carbonyl (C=O) groups is 1. The van der Waals surface area contributed by atoms with Crippen LogP contribution in [0.3, 0.4) is 0 Å². The number of esters is 1. The van der Waals surface area contributed by atoms with Crippen LogP contribution in [-0.4, -0.2) is 37.7 Å². The monoisotopic (exact) mass is 422 g/mol. The zero-order valence-electron chi connectivity index (χ0n) is 19.7. The summed E-state index contributed by atoms with van der Waals surface area (Å²) >= 11 is 0. The zero-order valence-corrected chi connectivity index (χ0v) is 20.7. The molecule has 29 heavy (non-hydrogen) atoms. The van der Waals surface area contributed by atoms with Gasteiger partial charge in [-0.15, -0.1) is 0 Å². The van der Waals surface area contributed by atoms with E-state index in [9.17, 15) is 9.90 Å². The SMILES string of the molecule is C[C@H]1C[C@@H](O)[C@H]2C[C@H](O[Si](C)(C)C(C)(C)C)[C@H]3[C@@](C)(C[C@@H]4C[C@@]3(C)C(=O)O4)[C@@H]2C1. The van der Waals surface area contributed by atoms with Crippen molar-refractivity contribution >= 4 is 14.3 Å². The summed E-state index contributed by atoms with van der Waals surface area (Å²) in [5, 5.41) is 11.2. The molecule has 1 N–H and O–H groups in total. The molecule has 9 atom stereocenters. The molecule has 4 fully saturated rings. The normalized spacial score (nSPS) is 50.0. The van der Waals surface area contributed by atoms with E-state index in [4.69, 9.17) is 9.16 Å². The van der Waals surface area contributed by atoms with E-state index < -0.39 is 13.7 Å². The van der Waals surface area contributed by atoms with Crippen LogP contribution in [0.4, 0.5) is 0 Å². The van der Waals surface area contributed by atoms with Gasteiger partial charge in [0, 0.05) is 18.4 Å². The molecule has 0 aromatic carbocycles. The van der Waals surface area contributed by atoms with Crippen LogP contribution in [0.1, 0.15) is 73.6 Å². The van der Waals surface area contributed by atoms with Gasteiger partial charge >= 0.3 is 5.97 Å². The van der Waals surface area contributed by atoms with Crippen LogP contribution >= 0.6 is 0 Å². The molecule has 0 unspecified atom stereocenters. The summed E-state index contributed by atoms with van der Waals surface area (Å²) in [6, 6.07) is 0. The maximum atomic E-state index is 13.1. The van der Waals surface area contributed by atoms with Crippen molar-refractivity contribution in [3.8, 4) is 0 Å². The quantitative estimate of drug-likeness (QED) is 0.494. The topological polar surface area (TPSA) is 55.8 Å². The van der Waals surface area contributed by atoms with Gasteiger partial charge in [-0.1, -0.05) is 34.6 Å². The number of fused-ring (bicyclic) bond motifs is 6. The third-order valence-electron chi connectivity index (χ3n) is 9.74. The first-order chi connectivity index (χ1) is 13.2. The predicted molar refractivity (Wildman–Crippen MR) is 117 cm³/mol. The Balaban J connectivity index is 1.78. The molecule has 1 aliphatic heterocycles. The highest BCUT2D eigenvalue weighted by molar-refractivity contribution is 6.74. The van der Waals surface area contributed by atoms with Crippen LogP contribution in [0.25, 0.3) is 0 Å². The lowest BCUT2D eigenvalue weighted by molar-refractivity contribution is -0.187. The number of ether oxygens (including phenoxy) is 1. The molecule has 4 rings (SSSR count).